The first-order valence-corrected chi connectivity index (χ1v) is 23.2. The Morgan fingerprint density at radius 1 is 0.968 bits per heavy atom. The minimum absolute atomic E-state index is 0.0102. The van der Waals surface area contributed by atoms with Crippen LogP contribution in [0, 0.1) is 6.92 Å². The van der Waals surface area contributed by atoms with Gasteiger partial charge >= 0.3 is 12.1 Å². The number of aryl methyl sites for hydroxylation is 1. The number of ether oxygens (including phenoxy) is 3. The summed E-state index contributed by atoms with van der Waals surface area (Å²) in [7, 11) is -1.54. The lowest BCUT2D eigenvalue weighted by Crippen LogP contribution is -2.66. The molecule has 16 heteroatoms. The fourth-order valence-corrected chi connectivity index (χ4v) is 15.8. The van der Waals surface area contributed by atoms with E-state index in [1.54, 1.807) is 27.7 Å². The van der Waals surface area contributed by atoms with Crippen LogP contribution in [0.1, 0.15) is 97.9 Å². The van der Waals surface area contributed by atoms with Crippen LogP contribution in [-0.4, -0.2) is 76.9 Å². The van der Waals surface area contributed by atoms with Crippen LogP contribution in [0.2, 0.25) is 10.6 Å². The molecule has 326 valence electrons. The molecule has 3 N–H and O–H groups in total. The van der Waals surface area contributed by atoms with Crippen LogP contribution in [0.3, 0.4) is 0 Å². The third-order valence-corrected chi connectivity index (χ3v) is 18.4. The van der Waals surface area contributed by atoms with E-state index in [0.717, 1.165) is 16.9 Å². The molecular weight excluding hydrogens is 827 g/mol. The molecule has 1 fully saturated rings. The molecule has 5 aromatic rings. The number of thiazole rings is 1. The Morgan fingerprint density at radius 2 is 1.55 bits per heavy atom. The Balaban J connectivity index is 1.43. The molecule has 3 aromatic carbocycles. The number of nitrogens with one attached hydrogen (secondary N) is 2. The van der Waals surface area contributed by atoms with E-state index in [4.69, 9.17) is 18.6 Å². The summed E-state index contributed by atoms with van der Waals surface area (Å²) in [5.41, 5.74) is -0.786. The largest absolute Gasteiger partial charge is 0.476 e. The van der Waals surface area contributed by atoms with Gasteiger partial charge in [-0.25, -0.2) is 19.6 Å². The zero-order chi connectivity index (χ0) is 45.0. The molecule has 0 aliphatic carbocycles. The third kappa shape index (κ3) is 9.28. The zero-order valence-electron chi connectivity index (χ0n) is 36.3. The van der Waals surface area contributed by atoms with E-state index < -0.39 is 56.0 Å². The van der Waals surface area contributed by atoms with Crippen LogP contribution in [0.15, 0.2) is 107 Å². The molecule has 0 bridgehead atoms. The average molecular weight is 880 g/mol. The van der Waals surface area contributed by atoms with Crippen molar-refractivity contribution in [1.29, 1.82) is 0 Å². The Hall–Kier alpha value is -5.94. The number of rotatable bonds is 14. The fraction of sp³-hybridized carbons (Fsp3) is 0.348. The molecule has 3 amide bonds. The number of carbonyl (C=O) groups excluding carboxylic acids is 3. The number of carboxylic acid groups (broad SMARTS) is 1. The highest BCUT2D eigenvalue weighted by Gasteiger charge is 2.54. The summed E-state index contributed by atoms with van der Waals surface area (Å²) in [4.78, 5) is 64.1. The molecule has 0 radical (unpaired) electrons. The normalized spacial score (nSPS) is 17.6. The van der Waals surface area contributed by atoms with Crippen molar-refractivity contribution in [3.05, 3.63) is 136 Å². The average Bonchev–Trinajstić information content (AvgIpc) is 3.95. The van der Waals surface area contributed by atoms with Gasteiger partial charge in [-0.1, -0.05) is 135 Å². The maximum atomic E-state index is 14.8. The molecule has 3 heterocycles. The van der Waals surface area contributed by atoms with Gasteiger partial charge in [0.25, 0.3) is 5.91 Å². The van der Waals surface area contributed by atoms with Gasteiger partial charge in [0.2, 0.25) is 11.8 Å². The lowest BCUT2D eigenvalue weighted by atomic mass is 10.1. The van der Waals surface area contributed by atoms with Gasteiger partial charge in [-0.05, 0) is 43.8 Å². The highest BCUT2D eigenvalue weighted by Crippen LogP contribution is 2.44. The molecule has 0 spiro atoms. The van der Waals surface area contributed by atoms with Crippen LogP contribution < -0.4 is 21.0 Å². The van der Waals surface area contributed by atoms with Gasteiger partial charge in [0.05, 0.1) is 6.10 Å². The number of hydrogen-bond donors (Lipinski definition) is 3. The molecule has 1 aliphatic heterocycles. The summed E-state index contributed by atoms with van der Waals surface area (Å²) in [5.74, 6) is -2.39. The SMILES string of the molecule is COC(NC(=O)c1nc(/C(=C\[C@H](C)[Si](c2ccccc2)(c2ccccc2)C(C)(C)C)NC(=O)[C@@H]2[C@@H](C)OC(C)(C)N2C(=O)OCc2ccccc2)oc1C)c1nc(C(=O)O)cs1. The van der Waals surface area contributed by atoms with Crippen molar-refractivity contribution in [1.82, 2.24) is 25.5 Å². The van der Waals surface area contributed by atoms with Crippen molar-refractivity contribution < 1.29 is 42.9 Å². The number of carboxylic acids is 1. The molecular formula is C46H53N5O9SSi. The predicted octanol–water partition coefficient (Wildman–Crippen LogP) is 7.29. The molecule has 0 saturated carbocycles. The molecule has 1 aliphatic rings. The van der Waals surface area contributed by atoms with E-state index in [-0.39, 0.29) is 50.9 Å². The summed E-state index contributed by atoms with van der Waals surface area (Å²) in [5, 5.41) is 18.8. The number of aromatic nitrogens is 2. The van der Waals surface area contributed by atoms with Gasteiger partial charge in [-0.3, -0.25) is 14.5 Å². The molecule has 2 aromatic heterocycles. The third-order valence-electron chi connectivity index (χ3n) is 11.2. The zero-order valence-corrected chi connectivity index (χ0v) is 38.1. The number of benzene rings is 3. The standard InChI is InChI=1S/C46H53N5O9SSi/c1-28(62(45(4,5)6,32-21-15-11-16-22-32)33-23-17-12-18-24-33)25-34(40-49-36(29(2)59-40)38(52)50-41(57-9)42-48-35(27-61-42)43(54)55)47-39(53)37-30(3)60-46(7,8)51(37)44(56)58-26-31-19-13-10-14-20-31/h10-25,27-28,30,37,41H,26H2,1-9H3,(H,47,53)(H,50,52)(H,54,55)/b34-25+/t28-,30+,37-,41?/m0/s1. The van der Waals surface area contributed by atoms with Crippen LogP contribution >= 0.6 is 11.3 Å². The highest BCUT2D eigenvalue weighted by molar-refractivity contribution is 7.10. The lowest BCUT2D eigenvalue weighted by Gasteiger charge is -2.47. The second-order valence-electron chi connectivity index (χ2n) is 16.7. The van der Waals surface area contributed by atoms with Gasteiger partial charge in [0, 0.05) is 12.5 Å². The second kappa shape index (κ2) is 18.6. The van der Waals surface area contributed by atoms with Gasteiger partial charge in [0.15, 0.2) is 17.6 Å². The summed E-state index contributed by atoms with van der Waals surface area (Å²) in [6, 6.07) is 28.8. The Bertz CT molecular complexity index is 2370. The smallest absolute Gasteiger partial charge is 0.413 e. The fourth-order valence-electron chi connectivity index (χ4n) is 8.60. The molecule has 1 saturated heterocycles. The van der Waals surface area contributed by atoms with Crippen molar-refractivity contribution in [2.75, 3.05) is 7.11 Å². The number of allylic oxidation sites excluding steroid dienone is 1. The van der Waals surface area contributed by atoms with Crippen molar-refractivity contribution >= 4 is 59.4 Å². The molecule has 62 heavy (non-hydrogen) atoms. The van der Waals surface area contributed by atoms with Crippen molar-refractivity contribution in [2.24, 2.45) is 0 Å². The van der Waals surface area contributed by atoms with Crippen molar-refractivity contribution in [3.63, 3.8) is 0 Å². The number of aromatic carboxylic acids is 1. The molecule has 1 unspecified atom stereocenters. The van der Waals surface area contributed by atoms with Gasteiger partial charge in [-0.15, -0.1) is 11.3 Å². The highest BCUT2D eigenvalue weighted by atomic mass is 32.1. The number of methoxy groups -OCH3 is 1. The minimum atomic E-state index is -2.89. The van der Waals surface area contributed by atoms with Crippen molar-refractivity contribution in [2.45, 2.75) is 96.7 Å². The number of carbonyl (C=O) groups is 4. The van der Waals surface area contributed by atoms with E-state index in [1.165, 1.54) is 27.8 Å². The maximum Gasteiger partial charge on any atom is 0.413 e. The van der Waals surface area contributed by atoms with Gasteiger partial charge < -0.3 is 34.4 Å². The quantitative estimate of drug-likeness (QED) is 0.0753. The van der Waals surface area contributed by atoms with E-state index in [2.05, 4.69) is 72.6 Å². The van der Waals surface area contributed by atoms with Gasteiger partial charge in [-0.2, -0.15) is 0 Å². The summed E-state index contributed by atoms with van der Waals surface area (Å²) in [6.45, 7) is 15.5. The van der Waals surface area contributed by atoms with Crippen LogP contribution in [0.25, 0.3) is 5.70 Å². The molecule has 14 nitrogen and oxygen atoms in total. The number of nitrogens with zero attached hydrogens (tertiary/aromatic N) is 3. The van der Waals surface area contributed by atoms with Crippen molar-refractivity contribution in [3.8, 4) is 0 Å². The molecule has 4 atom stereocenters. The number of oxazole rings is 1. The summed E-state index contributed by atoms with van der Waals surface area (Å²) < 4.78 is 23.7. The van der Waals surface area contributed by atoms with Gasteiger partial charge in [0.1, 0.15) is 42.9 Å². The topological polar surface area (TPSA) is 182 Å². The number of amides is 3. The van der Waals surface area contributed by atoms with E-state index in [9.17, 15) is 24.3 Å². The first-order chi connectivity index (χ1) is 29.4. The first kappa shape index (κ1) is 45.6. The second-order valence-corrected chi connectivity index (χ2v) is 22.7. The van der Waals surface area contributed by atoms with E-state index in [0.29, 0.717) is 0 Å². The Labute approximate surface area is 366 Å². The molecule has 6 rings (SSSR count). The lowest BCUT2D eigenvalue weighted by molar-refractivity contribution is -0.125. The number of hydrogen-bond acceptors (Lipinski definition) is 11. The Morgan fingerprint density at radius 3 is 2.08 bits per heavy atom. The maximum absolute atomic E-state index is 14.8. The van der Waals surface area contributed by atoms with E-state index >= 15 is 0 Å². The minimum Gasteiger partial charge on any atom is -0.476 e. The summed E-state index contributed by atoms with van der Waals surface area (Å²) in [6.07, 6.45) is -0.642. The first-order valence-electron chi connectivity index (χ1n) is 20.2. The summed E-state index contributed by atoms with van der Waals surface area (Å²) >= 11 is 1.02. The van der Waals surface area contributed by atoms with E-state index in [1.807, 2.05) is 72.8 Å². The predicted molar refractivity (Wildman–Crippen MR) is 238 cm³/mol. The Kier molecular flexibility index (Phi) is 13.7. The van der Waals surface area contributed by atoms with Crippen LogP contribution in [0.5, 0.6) is 0 Å². The monoisotopic (exact) mass is 879 g/mol. The van der Waals surface area contributed by atoms with Crippen LogP contribution in [0.4, 0.5) is 4.79 Å². The van der Waals surface area contributed by atoms with Crippen LogP contribution in [-0.2, 0) is 25.6 Å².